The zero-order valence-corrected chi connectivity index (χ0v) is 11.1. The van der Waals surface area contributed by atoms with E-state index in [2.05, 4.69) is 27.3 Å². The number of carboxylic acids is 1. The minimum atomic E-state index is -0.975. The molecule has 1 aromatic rings. The van der Waals surface area contributed by atoms with E-state index >= 15 is 0 Å². The molecule has 90 valence electrons. The summed E-state index contributed by atoms with van der Waals surface area (Å²) >= 11 is 5.05. The molecule has 4 nitrogen and oxygen atoms in total. The molecular weight excluding hydrogens is 294 g/mol. The normalized spacial score (nSPS) is 12.6. The second kappa shape index (κ2) is 7.01. The van der Waals surface area contributed by atoms with Gasteiger partial charge in [0.1, 0.15) is 0 Å². The Hall–Kier alpha value is -0.430. The highest BCUT2D eigenvalue weighted by Crippen LogP contribution is 2.19. The molecule has 6 heteroatoms. The number of carboxylic acid groups (broad SMARTS) is 1. The van der Waals surface area contributed by atoms with Crippen LogP contribution >= 0.6 is 27.3 Å². The third kappa shape index (κ3) is 5.60. The zero-order valence-electron chi connectivity index (χ0n) is 8.65. The molecule has 0 aromatic carbocycles. The average Bonchev–Trinajstić information content (AvgIpc) is 2.58. The van der Waals surface area contributed by atoms with Crippen molar-refractivity contribution in [2.24, 2.45) is 0 Å². The van der Waals surface area contributed by atoms with Gasteiger partial charge in [0, 0.05) is 27.8 Å². The van der Waals surface area contributed by atoms with Crippen molar-refractivity contribution in [3.05, 3.63) is 20.8 Å². The van der Waals surface area contributed by atoms with Gasteiger partial charge in [-0.2, -0.15) is 0 Å². The second-order valence-electron chi connectivity index (χ2n) is 3.44. The third-order valence-corrected chi connectivity index (χ3v) is 3.72. The highest BCUT2D eigenvalue weighted by atomic mass is 79.9. The van der Waals surface area contributed by atoms with Gasteiger partial charge in [-0.1, -0.05) is 0 Å². The van der Waals surface area contributed by atoms with Crippen molar-refractivity contribution in [1.29, 1.82) is 0 Å². The van der Waals surface area contributed by atoms with Crippen LogP contribution in [0.25, 0.3) is 0 Å². The van der Waals surface area contributed by atoms with Gasteiger partial charge in [0.2, 0.25) is 0 Å². The molecule has 0 fully saturated rings. The Bertz CT molecular complexity index is 343. The standard InChI is InChI=1S/C10H14BrNO3S/c11-7-3-9(16-6-7)1-2-12-5-8(13)4-10(14)15/h3,6,8,12-13H,1-2,4-5H2,(H,14,15). The van der Waals surface area contributed by atoms with E-state index in [1.165, 1.54) is 4.88 Å². The molecule has 0 aliphatic heterocycles. The first-order valence-corrected chi connectivity index (χ1v) is 6.58. The number of halogens is 1. The summed E-state index contributed by atoms with van der Waals surface area (Å²) in [7, 11) is 0. The first-order valence-electron chi connectivity index (χ1n) is 4.91. The Kier molecular flexibility index (Phi) is 5.97. The molecule has 0 aliphatic rings. The van der Waals surface area contributed by atoms with Crippen molar-refractivity contribution < 1.29 is 15.0 Å². The van der Waals surface area contributed by atoms with Gasteiger partial charge in [0.25, 0.3) is 0 Å². The van der Waals surface area contributed by atoms with Gasteiger partial charge < -0.3 is 15.5 Å². The maximum Gasteiger partial charge on any atom is 0.306 e. The summed E-state index contributed by atoms with van der Waals surface area (Å²) in [6.07, 6.45) is -0.138. The lowest BCUT2D eigenvalue weighted by Crippen LogP contribution is -2.29. The fraction of sp³-hybridized carbons (Fsp3) is 0.500. The molecular formula is C10H14BrNO3S. The van der Waals surface area contributed by atoms with E-state index in [9.17, 15) is 9.90 Å². The number of hydrogen-bond donors (Lipinski definition) is 3. The van der Waals surface area contributed by atoms with Crippen molar-refractivity contribution >= 4 is 33.2 Å². The van der Waals surface area contributed by atoms with Crippen LogP contribution in [0.15, 0.2) is 15.9 Å². The van der Waals surface area contributed by atoms with E-state index in [4.69, 9.17) is 5.11 Å². The molecule has 0 saturated heterocycles. The van der Waals surface area contributed by atoms with Gasteiger partial charge >= 0.3 is 5.97 Å². The quantitative estimate of drug-likeness (QED) is 0.667. The smallest absolute Gasteiger partial charge is 0.306 e. The van der Waals surface area contributed by atoms with E-state index in [1.54, 1.807) is 11.3 Å². The highest BCUT2D eigenvalue weighted by molar-refractivity contribution is 9.10. The number of aliphatic hydroxyl groups excluding tert-OH is 1. The van der Waals surface area contributed by atoms with Gasteiger partial charge in [-0.05, 0) is 28.4 Å². The van der Waals surface area contributed by atoms with E-state index < -0.39 is 12.1 Å². The fourth-order valence-electron chi connectivity index (χ4n) is 1.24. The number of hydrogen-bond acceptors (Lipinski definition) is 4. The van der Waals surface area contributed by atoms with Crippen molar-refractivity contribution in [3.63, 3.8) is 0 Å². The van der Waals surface area contributed by atoms with Crippen molar-refractivity contribution in [1.82, 2.24) is 5.32 Å². The van der Waals surface area contributed by atoms with Crippen molar-refractivity contribution in [2.45, 2.75) is 18.9 Å². The van der Waals surface area contributed by atoms with Crippen molar-refractivity contribution in [3.8, 4) is 0 Å². The molecule has 0 bridgehead atoms. The number of rotatable bonds is 7. The highest BCUT2D eigenvalue weighted by Gasteiger charge is 2.08. The summed E-state index contributed by atoms with van der Waals surface area (Å²) in [5.41, 5.74) is 0. The summed E-state index contributed by atoms with van der Waals surface area (Å²) < 4.78 is 1.08. The number of nitrogens with one attached hydrogen (secondary N) is 1. The number of aliphatic hydroxyl groups is 1. The number of aliphatic carboxylic acids is 1. The Morgan fingerprint density at radius 2 is 2.38 bits per heavy atom. The Morgan fingerprint density at radius 1 is 1.62 bits per heavy atom. The summed E-state index contributed by atoms with van der Waals surface area (Å²) in [6, 6.07) is 2.06. The summed E-state index contributed by atoms with van der Waals surface area (Å²) in [5, 5.41) is 22.8. The monoisotopic (exact) mass is 307 g/mol. The van der Waals surface area contributed by atoms with Gasteiger partial charge in [-0.3, -0.25) is 4.79 Å². The molecule has 1 heterocycles. The van der Waals surface area contributed by atoms with Crippen LogP contribution in [0, 0.1) is 0 Å². The Morgan fingerprint density at radius 3 is 2.94 bits per heavy atom. The predicted molar refractivity (Wildman–Crippen MR) is 66.9 cm³/mol. The van der Waals surface area contributed by atoms with Gasteiger partial charge in [0.05, 0.1) is 12.5 Å². The van der Waals surface area contributed by atoms with Crippen LogP contribution in [0.5, 0.6) is 0 Å². The largest absolute Gasteiger partial charge is 0.481 e. The van der Waals surface area contributed by atoms with E-state index in [1.807, 2.05) is 5.38 Å². The second-order valence-corrected chi connectivity index (χ2v) is 5.35. The SMILES string of the molecule is O=C(O)CC(O)CNCCc1cc(Br)cs1. The van der Waals surface area contributed by atoms with Crippen LogP contribution in [0.3, 0.4) is 0 Å². The van der Waals surface area contributed by atoms with E-state index in [-0.39, 0.29) is 6.42 Å². The summed E-state index contributed by atoms with van der Waals surface area (Å²) in [6.45, 7) is 1.06. The molecule has 1 rings (SSSR count). The van der Waals surface area contributed by atoms with Crippen LogP contribution in [-0.4, -0.2) is 35.4 Å². The van der Waals surface area contributed by atoms with E-state index in [0.29, 0.717) is 6.54 Å². The van der Waals surface area contributed by atoms with Crippen LogP contribution in [0.1, 0.15) is 11.3 Å². The molecule has 1 unspecified atom stereocenters. The minimum Gasteiger partial charge on any atom is -0.481 e. The number of carbonyl (C=O) groups is 1. The first kappa shape index (κ1) is 13.6. The molecule has 0 spiro atoms. The van der Waals surface area contributed by atoms with Gasteiger partial charge in [-0.15, -0.1) is 11.3 Å². The summed E-state index contributed by atoms with van der Waals surface area (Å²) in [5.74, 6) is -0.975. The molecule has 1 atom stereocenters. The van der Waals surface area contributed by atoms with Crippen LogP contribution < -0.4 is 5.32 Å². The molecule has 0 aliphatic carbocycles. The van der Waals surface area contributed by atoms with Crippen LogP contribution in [0.2, 0.25) is 0 Å². The molecule has 16 heavy (non-hydrogen) atoms. The van der Waals surface area contributed by atoms with Gasteiger partial charge in [-0.25, -0.2) is 0 Å². The van der Waals surface area contributed by atoms with Crippen LogP contribution in [-0.2, 0) is 11.2 Å². The molecule has 0 saturated carbocycles. The molecule has 1 aromatic heterocycles. The maximum absolute atomic E-state index is 10.3. The first-order chi connectivity index (χ1) is 7.58. The lowest BCUT2D eigenvalue weighted by molar-refractivity contribution is -0.139. The lowest BCUT2D eigenvalue weighted by Gasteiger charge is -2.08. The zero-order chi connectivity index (χ0) is 12.0. The lowest BCUT2D eigenvalue weighted by atomic mass is 10.2. The molecule has 0 amide bonds. The minimum absolute atomic E-state index is 0.211. The van der Waals surface area contributed by atoms with Gasteiger partial charge in [0.15, 0.2) is 0 Å². The topological polar surface area (TPSA) is 69.6 Å². The average molecular weight is 308 g/mol. The van der Waals surface area contributed by atoms with Crippen LogP contribution in [0.4, 0.5) is 0 Å². The Balaban J connectivity index is 2.10. The number of thiophene rings is 1. The summed E-state index contributed by atoms with van der Waals surface area (Å²) in [4.78, 5) is 11.5. The van der Waals surface area contributed by atoms with Crippen molar-refractivity contribution in [2.75, 3.05) is 13.1 Å². The molecule has 0 radical (unpaired) electrons. The predicted octanol–water partition coefficient (Wildman–Crippen LogP) is 1.48. The van der Waals surface area contributed by atoms with E-state index in [0.717, 1.165) is 17.4 Å². The maximum atomic E-state index is 10.3. The molecule has 3 N–H and O–H groups in total. The Labute approximate surface area is 106 Å². The fourth-order valence-corrected chi connectivity index (χ4v) is 2.69. The third-order valence-electron chi connectivity index (χ3n) is 1.96.